The van der Waals surface area contributed by atoms with Gasteiger partial charge in [0, 0.05) is 13.6 Å². The molecule has 1 aliphatic rings. The monoisotopic (exact) mass is 362 g/mol. The first kappa shape index (κ1) is 19.9. The highest BCUT2D eigenvalue weighted by atomic mass is 16.5. The van der Waals surface area contributed by atoms with Gasteiger partial charge in [0.15, 0.2) is 0 Å². The Bertz CT molecular complexity index is 637. The first-order valence-electron chi connectivity index (χ1n) is 9.18. The van der Waals surface area contributed by atoms with Crippen LogP contribution in [0.25, 0.3) is 0 Å². The van der Waals surface area contributed by atoms with Gasteiger partial charge in [0.25, 0.3) is 0 Å². The van der Waals surface area contributed by atoms with E-state index in [1.54, 1.807) is 11.9 Å². The molecule has 0 unspecified atom stereocenters. The second kappa shape index (κ2) is 8.78. The van der Waals surface area contributed by atoms with Gasteiger partial charge in [0.05, 0.1) is 18.8 Å². The summed E-state index contributed by atoms with van der Waals surface area (Å²) in [6.45, 7) is 8.03. The summed E-state index contributed by atoms with van der Waals surface area (Å²) in [7, 11) is 1.74. The summed E-state index contributed by atoms with van der Waals surface area (Å²) in [6, 6.07) is 6.62. The zero-order chi connectivity index (χ0) is 19.3. The molecule has 0 saturated heterocycles. The average molecular weight is 362 g/mol. The molecule has 1 aromatic rings. The van der Waals surface area contributed by atoms with Crippen LogP contribution in [0, 0.1) is 5.92 Å². The number of anilines is 1. The molecule has 3 atom stereocenters. The van der Waals surface area contributed by atoms with Gasteiger partial charge in [-0.2, -0.15) is 0 Å². The van der Waals surface area contributed by atoms with E-state index in [0.29, 0.717) is 13.1 Å². The third kappa shape index (κ3) is 4.59. The number of ether oxygens (including phenoxy) is 1. The third-order valence-corrected chi connectivity index (χ3v) is 4.94. The third-order valence-electron chi connectivity index (χ3n) is 4.94. The van der Waals surface area contributed by atoms with Crippen molar-refractivity contribution in [3.8, 4) is 5.75 Å². The first-order valence-corrected chi connectivity index (χ1v) is 9.18. The summed E-state index contributed by atoms with van der Waals surface area (Å²) in [6.07, 6.45) is 0.631. The van der Waals surface area contributed by atoms with E-state index in [4.69, 9.17) is 10.5 Å². The van der Waals surface area contributed by atoms with E-state index in [-0.39, 0.29) is 17.9 Å². The smallest absolute Gasteiger partial charge is 0.312 e. The van der Waals surface area contributed by atoms with Crippen molar-refractivity contribution in [1.82, 2.24) is 10.2 Å². The number of amides is 3. The van der Waals surface area contributed by atoms with Gasteiger partial charge in [-0.15, -0.1) is 0 Å². The number of hydrogen-bond donors (Lipinski definition) is 2. The Morgan fingerprint density at radius 3 is 2.69 bits per heavy atom. The molecule has 7 nitrogen and oxygen atoms in total. The predicted molar refractivity (Wildman–Crippen MR) is 102 cm³/mol. The molecule has 0 bridgehead atoms. The van der Waals surface area contributed by atoms with Gasteiger partial charge in [0.2, 0.25) is 5.91 Å². The molecule has 1 aromatic carbocycles. The Hall–Kier alpha value is -2.44. The normalized spacial score (nSPS) is 18.3. The van der Waals surface area contributed by atoms with Crippen LogP contribution in [0.1, 0.15) is 27.2 Å². The zero-order valence-corrected chi connectivity index (χ0v) is 16.1. The van der Waals surface area contributed by atoms with Crippen LogP contribution in [0.2, 0.25) is 0 Å². The highest BCUT2D eigenvalue weighted by Crippen LogP contribution is 2.32. The lowest BCUT2D eigenvalue weighted by Crippen LogP contribution is -2.54. The lowest BCUT2D eigenvalue weighted by Gasteiger charge is -2.38. The number of fused-ring (bicyclic) bond motifs is 1. The van der Waals surface area contributed by atoms with E-state index >= 15 is 0 Å². The second-order valence-electron chi connectivity index (χ2n) is 6.84. The maximum absolute atomic E-state index is 12.8. The summed E-state index contributed by atoms with van der Waals surface area (Å²) in [5, 5.41) is 2.58. The van der Waals surface area contributed by atoms with E-state index in [1.165, 1.54) is 0 Å². The molecule has 0 aromatic heterocycles. The van der Waals surface area contributed by atoms with Crippen LogP contribution in [-0.2, 0) is 4.79 Å². The summed E-state index contributed by atoms with van der Waals surface area (Å²) in [5.74, 6) is 0.682. The van der Waals surface area contributed by atoms with E-state index in [0.717, 1.165) is 24.4 Å². The van der Waals surface area contributed by atoms with Crippen LogP contribution >= 0.6 is 0 Å². The van der Waals surface area contributed by atoms with Crippen molar-refractivity contribution in [1.29, 1.82) is 0 Å². The number of para-hydroxylation sites is 2. The van der Waals surface area contributed by atoms with Crippen molar-refractivity contribution in [3.63, 3.8) is 0 Å². The Labute approximate surface area is 155 Å². The molecule has 3 amide bonds. The fourth-order valence-electron chi connectivity index (χ4n) is 3.24. The van der Waals surface area contributed by atoms with Gasteiger partial charge >= 0.3 is 6.03 Å². The molecule has 0 fully saturated rings. The zero-order valence-electron chi connectivity index (χ0n) is 16.1. The standard InChI is InChI=1S/C19H30N4O3/c1-5-13(3)17(21-19(20)25)18(24)22(4)11-14-12-23(6-2)15-9-7-8-10-16(15)26-14/h7-10,13-14,17H,5-6,11-12H2,1-4H3,(H3,20,21,25)/t13-,14+,17-/m0/s1. The van der Waals surface area contributed by atoms with Gasteiger partial charge in [-0.25, -0.2) is 4.79 Å². The Balaban J connectivity index is 2.07. The number of nitrogens with zero attached hydrogens (tertiary/aromatic N) is 2. The number of benzene rings is 1. The minimum absolute atomic E-state index is 0.00223. The highest BCUT2D eigenvalue weighted by Gasteiger charge is 2.31. The van der Waals surface area contributed by atoms with Crippen molar-refractivity contribution in [2.45, 2.75) is 39.3 Å². The largest absolute Gasteiger partial charge is 0.485 e. The second-order valence-corrected chi connectivity index (χ2v) is 6.84. The van der Waals surface area contributed by atoms with E-state index in [1.807, 2.05) is 38.1 Å². The van der Waals surface area contributed by atoms with Gasteiger partial charge in [-0.1, -0.05) is 32.4 Å². The number of carbonyl (C=O) groups excluding carboxylic acids is 2. The minimum Gasteiger partial charge on any atom is -0.485 e. The summed E-state index contributed by atoms with van der Waals surface area (Å²) < 4.78 is 6.08. The Morgan fingerprint density at radius 1 is 1.38 bits per heavy atom. The van der Waals surface area contributed by atoms with Gasteiger partial charge in [0.1, 0.15) is 17.9 Å². The molecule has 0 aliphatic carbocycles. The van der Waals surface area contributed by atoms with Crippen molar-refractivity contribution < 1.29 is 14.3 Å². The van der Waals surface area contributed by atoms with Crippen molar-refractivity contribution >= 4 is 17.6 Å². The number of nitrogens with one attached hydrogen (secondary N) is 1. The molecule has 0 saturated carbocycles. The van der Waals surface area contributed by atoms with E-state index in [2.05, 4.69) is 17.1 Å². The van der Waals surface area contributed by atoms with Gasteiger partial charge in [-0.05, 0) is 25.0 Å². The summed E-state index contributed by atoms with van der Waals surface area (Å²) in [5.41, 5.74) is 6.32. The molecule has 0 spiro atoms. The number of nitrogens with two attached hydrogens (primary N) is 1. The molecular weight excluding hydrogens is 332 g/mol. The number of rotatable bonds is 7. The first-order chi connectivity index (χ1) is 12.4. The predicted octanol–water partition coefficient (Wildman–Crippen LogP) is 1.82. The maximum Gasteiger partial charge on any atom is 0.312 e. The van der Waals surface area contributed by atoms with Crippen LogP contribution in [0.3, 0.4) is 0 Å². The minimum atomic E-state index is -0.683. The summed E-state index contributed by atoms with van der Waals surface area (Å²) in [4.78, 5) is 28.0. The SMILES string of the molecule is CC[C@H](C)[C@H](NC(N)=O)C(=O)N(C)C[C@@H]1CN(CC)c2ccccc2O1. The van der Waals surface area contributed by atoms with Crippen LogP contribution in [0.4, 0.5) is 10.5 Å². The number of urea groups is 1. The quantitative estimate of drug-likeness (QED) is 0.774. The fourth-order valence-corrected chi connectivity index (χ4v) is 3.24. The number of carbonyl (C=O) groups is 2. The summed E-state index contributed by atoms with van der Waals surface area (Å²) >= 11 is 0. The number of likely N-dealkylation sites (N-methyl/N-ethyl adjacent to an activating group) is 2. The van der Waals surface area contributed by atoms with Crippen molar-refractivity contribution in [2.75, 3.05) is 31.6 Å². The van der Waals surface area contributed by atoms with E-state index in [9.17, 15) is 9.59 Å². The Kier molecular flexibility index (Phi) is 6.71. The van der Waals surface area contributed by atoms with Crippen LogP contribution in [0.15, 0.2) is 24.3 Å². The van der Waals surface area contributed by atoms with Gasteiger partial charge < -0.3 is 25.6 Å². The average Bonchev–Trinajstić information content (AvgIpc) is 2.63. The lowest BCUT2D eigenvalue weighted by molar-refractivity contribution is -0.134. The molecule has 0 radical (unpaired) electrons. The van der Waals surface area contributed by atoms with Crippen LogP contribution in [0.5, 0.6) is 5.75 Å². The molecule has 3 N–H and O–H groups in total. The fraction of sp³-hybridized carbons (Fsp3) is 0.579. The molecular formula is C19H30N4O3. The van der Waals surface area contributed by atoms with Gasteiger partial charge in [-0.3, -0.25) is 4.79 Å². The van der Waals surface area contributed by atoms with E-state index < -0.39 is 12.1 Å². The molecule has 1 heterocycles. The molecule has 1 aliphatic heterocycles. The van der Waals surface area contributed by atoms with Crippen LogP contribution < -0.4 is 20.7 Å². The molecule has 144 valence electrons. The Morgan fingerprint density at radius 2 is 2.08 bits per heavy atom. The maximum atomic E-state index is 12.8. The van der Waals surface area contributed by atoms with Crippen LogP contribution in [-0.4, -0.2) is 55.7 Å². The highest BCUT2D eigenvalue weighted by molar-refractivity contribution is 5.86. The number of primary amides is 1. The van der Waals surface area contributed by atoms with Crippen molar-refractivity contribution in [3.05, 3.63) is 24.3 Å². The lowest BCUT2D eigenvalue weighted by atomic mass is 9.98. The molecule has 26 heavy (non-hydrogen) atoms. The number of hydrogen-bond acceptors (Lipinski definition) is 4. The molecule has 7 heteroatoms. The topological polar surface area (TPSA) is 87.9 Å². The van der Waals surface area contributed by atoms with Crippen molar-refractivity contribution in [2.24, 2.45) is 11.7 Å². The molecule has 2 rings (SSSR count).